The third-order valence-corrected chi connectivity index (χ3v) is 1.48. The van der Waals surface area contributed by atoms with E-state index in [0.717, 1.165) is 0 Å². The fraction of sp³-hybridized carbons (Fsp3) is 1.00. The quantitative estimate of drug-likeness (QED) is 0.600. The number of halogens is 3. The van der Waals surface area contributed by atoms with Gasteiger partial charge < -0.3 is 11.1 Å². The predicted octanol–water partition coefficient (Wildman–Crippen LogP) is 0.364. The highest BCUT2D eigenvalue weighted by Crippen LogP contribution is 2.24. The Morgan fingerprint density at radius 2 is 2.20 bits per heavy atom. The third kappa shape index (κ3) is 2.36. The lowest BCUT2D eigenvalue weighted by Gasteiger charge is -2.05. The highest BCUT2D eigenvalue weighted by Gasteiger charge is 2.38. The SMILES string of the molecule is Cl.NC[C@@H]1CC(F)(F)CN1. The highest BCUT2D eigenvalue weighted by atomic mass is 35.5. The molecular formula is C5H11ClF2N2. The van der Waals surface area contributed by atoms with Crippen LogP contribution in [0.3, 0.4) is 0 Å². The number of rotatable bonds is 1. The van der Waals surface area contributed by atoms with Crippen molar-refractivity contribution in [1.82, 2.24) is 5.32 Å². The number of nitrogens with two attached hydrogens (primary N) is 1. The van der Waals surface area contributed by atoms with E-state index >= 15 is 0 Å². The van der Waals surface area contributed by atoms with E-state index in [1.54, 1.807) is 0 Å². The second kappa shape index (κ2) is 3.46. The standard InChI is InChI=1S/C5H10F2N2.ClH/c6-5(7)1-4(2-8)9-3-5;/h4,9H,1-3,8H2;1H/t4-;/m0./s1. The number of hydrogen-bond acceptors (Lipinski definition) is 2. The van der Waals surface area contributed by atoms with E-state index in [-0.39, 0.29) is 31.4 Å². The minimum Gasteiger partial charge on any atom is -0.329 e. The zero-order valence-corrected chi connectivity index (χ0v) is 6.26. The Bertz CT molecular complexity index is 110. The third-order valence-electron chi connectivity index (χ3n) is 1.48. The molecule has 1 heterocycles. The van der Waals surface area contributed by atoms with Crippen LogP contribution in [0.2, 0.25) is 0 Å². The summed E-state index contributed by atoms with van der Waals surface area (Å²) in [4.78, 5) is 0. The lowest BCUT2D eigenvalue weighted by molar-refractivity contribution is 0.0213. The average Bonchev–Trinajstić information content (AvgIpc) is 2.10. The summed E-state index contributed by atoms with van der Waals surface area (Å²) < 4.78 is 24.5. The van der Waals surface area contributed by atoms with Crippen molar-refractivity contribution in [2.75, 3.05) is 13.1 Å². The van der Waals surface area contributed by atoms with Gasteiger partial charge in [0, 0.05) is 19.0 Å². The second-order valence-corrected chi connectivity index (χ2v) is 2.37. The molecule has 3 N–H and O–H groups in total. The van der Waals surface area contributed by atoms with Crippen molar-refractivity contribution in [2.24, 2.45) is 5.73 Å². The molecule has 1 atom stereocenters. The summed E-state index contributed by atoms with van der Waals surface area (Å²) in [5, 5.41) is 2.62. The van der Waals surface area contributed by atoms with Gasteiger partial charge in [0.1, 0.15) is 0 Å². The smallest absolute Gasteiger partial charge is 0.261 e. The van der Waals surface area contributed by atoms with Gasteiger partial charge in [0.25, 0.3) is 5.92 Å². The molecule has 0 radical (unpaired) electrons. The molecule has 0 bridgehead atoms. The van der Waals surface area contributed by atoms with Gasteiger partial charge in [-0.05, 0) is 0 Å². The highest BCUT2D eigenvalue weighted by molar-refractivity contribution is 5.85. The van der Waals surface area contributed by atoms with Gasteiger partial charge in [-0.1, -0.05) is 0 Å². The van der Waals surface area contributed by atoms with Crippen LogP contribution in [0.4, 0.5) is 8.78 Å². The molecule has 1 fully saturated rings. The van der Waals surface area contributed by atoms with Crippen LogP contribution in [0.1, 0.15) is 6.42 Å². The Balaban J connectivity index is 0.000000810. The van der Waals surface area contributed by atoms with Crippen LogP contribution in [-0.4, -0.2) is 25.1 Å². The van der Waals surface area contributed by atoms with Crippen LogP contribution >= 0.6 is 12.4 Å². The van der Waals surface area contributed by atoms with E-state index < -0.39 is 5.92 Å². The monoisotopic (exact) mass is 172 g/mol. The molecule has 1 saturated heterocycles. The Morgan fingerprint density at radius 1 is 1.60 bits per heavy atom. The lowest BCUT2D eigenvalue weighted by Crippen LogP contribution is -2.29. The molecule has 0 aliphatic carbocycles. The van der Waals surface area contributed by atoms with Crippen LogP contribution in [0.5, 0.6) is 0 Å². The molecule has 2 nitrogen and oxygen atoms in total. The van der Waals surface area contributed by atoms with Crippen molar-refractivity contribution in [3.8, 4) is 0 Å². The van der Waals surface area contributed by atoms with Crippen LogP contribution < -0.4 is 11.1 Å². The fourth-order valence-electron chi connectivity index (χ4n) is 0.965. The van der Waals surface area contributed by atoms with Gasteiger partial charge >= 0.3 is 0 Å². The zero-order valence-electron chi connectivity index (χ0n) is 5.44. The van der Waals surface area contributed by atoms with Crippen LogP contribution in [0.15, 0.2) is 0 Å². The molecule has 5 heteroatoms. The first-order chi connectivity index (χ1) is 4.14. The summed E-state index contributed by atoms with van der Waals surface area (Å²) >= 11 is 0. The molecule has 0 saturated carbocycles. The van der Waals surface area contributed by atoms with Crippen molar-refractivity contribution in [2.45, 2.75) is 18.4 Å². The molecule has 0 aromatic heterocycles. The van der Waals surface area contributed by atoms with Gasteiger partial charge in [-0.3, -0.25) is 0 Å². The van der Waals surface area contributed by atoms with Crippen molar-refractivity contribution >= 4 is 12.4 Å². The lowest BCUT2D eigenvalue weighted by atomic mass is 10.2. The molecule has 1 aliphatic heterocycles. The molecule has 1 rings (SSSR count). The maximum Gasteiger partial charge on any atom is 0.261 e. The van der Waals surface area contributed by atoms with Gasteiger partial charge in [0.15, 0.2) is 0 Å². The molecule has 0 aromatic carbocycles. The van der Waals surface area contributed by atoms with Crippen molar-refractivity contribution < 1.29 is 8.78 Å². The maximum absolute atomic E-state index is 12.3. The molecule has 0 spiro atoms. The van der Waals surface area contributed by atoms with Crippen LogP contribution in [0, 0.1) is 0 Å². The molecule has 1 aliphatic rings. The Labute approximate surface area is 64.6 Å². The molecule has 0 aromatic rings. The molecule has 10 heavy (non-hydrogen) atoms. The van der Waals surface area contributed by atoms with E-state index in [9.17, 15) is 8.78 Å². The summed E-state index contributed by atoms with van der Waals surface area (Å²) in [6, 6.07) is -0.181. The van der Waals surface area contributed by atoms with Gasteiger partial charge in [0.05, 0.1) is 6.54 Å². The Morgan fingerprint density at radius 3 is 2.40 bits per heavy atom. The second-order valence-electron chi connectivity index (χ2n) is 2.37. The number of hydrogen-bond donors (Lipinski definition) is 2. The van der Waals surface area contributed by atoms with E-state index in [1.165, 1.54) is 0 Å². The van der Waals surface area contributed by atoms with E-state index in [1.807, 2.05) is 0 Å². The summed E-state index contributed by atoms with van der Waals surface area (Å²) in [5.41, 5.74) is 5.16. The first kappa shape index (κ1) is 10.1. The van der Waals surface area contributed by atoms with Crippen LogP contribution in [0.25, 0.3) is 0 Å². The minimum absolute atomic E-state index is 0. The number of alkyl halides is 2. The zero-order chi connectivity index (χ0) is 6.91. The van der Waals surface area contributed by atoms with Gasteiger partial charge in [0.2, 0.25) is 0 Å². The molecule has 0 unspecified atom stereocenters. The summed E-state index contributed by atoms with van der Waals surface area (Å²) in [6.07, 6.45) is -0.108. The summed E-state index contributed by atoms with van der Waals surface area (Å²) in [6.45, 7) is 0.0878. The fourth-order valence-corrected chi connectivity index (χ4v) is 0.965. The van der Waals surface area contributed by atoms with Crippen LogP contribution in [-0.2, 0) is 0 Å². The topological polar surface area (TPSA) is 38.0 Å². The first-order valence-electron chi connectivity index (χ1n) is 2.95. The van der Waals surface area contributed by atoms with Gasteiger partial charge in [-0.2, -0.15) is 0 Å². The van der Waals surface area contributed by atoms with Gasteiger partial charge in [-0.15, -0.1) is 12.4 Å². The molecule has 62 valence electrons. The first-order valence-corrected chi connectivity index (χ1v) is 2.95. The largest absolute Gasteiger partial charge is 0.329 e. The van der Waals surface area contributed by atoms with E-state index in [2.05, 4.69) is 5.32 Å². The average molecular weight is 173 g/mol. The Hall–Kier alpha value is 0.0700. The molecular weight excluding hydrogens is 162 g/mol. The van der Waals surface area contributed by atoms with E-state index in [4.69, 9.17) is 5.73 Å². The van der Waals surface area contributed by atoms with E-state index in [0.29, 0.717) is 6.54 Å². The summed E-state index contributed by atoms with van der Waals surface area (Å²) in [5.74, 6) is -2.52. The van der Waals surface area contributed by atoms with Crippen molar-refractivity contribution in [3.05, 3.63) is 0 Å². The normalized spacial score (nSPS) is 29.7. The van der Waals surface area contributed by atoms with Crippen molar-refractivity contribution in [3.63, 3.8) is 0 Å². The Kier molecular flexibility index (Phi) is 3.48. The summed E-state index contributed by atoms with van der Waals surface area (Å²) in [7, 11) is 0. The number of nitrogens with one attached hydrogen (secondary N) is 1. The maximum atomic E-state index is 12.3. The minimum atomic E-state index is -2.52. The molecule has 0 amide bonds. The van der Waals surface area contributed by atoms with Crippen molar-refractivity contribution in [1.29, 1.82) is 0 Å². The van der Waals surface area contributed by atoms with Gasteiger partial charge in [-0.25, -0.2) is 8.78 Å². The predicted molar refractivity (Wildman–Crippen MR) is 37.7 cm³/mol.